The monoisotopic (exact) mass is 813 g/mol. The number of likely N-dealkylation sites (N-methyl/N-ethyl adjacent to an activating group) is 2. The first kappa shape index (κ1) is 46.4. The Morgan fingerprint density at radius 1 is 0.877 bits per heavy atom. The fourth-order valence-electron chi connectivity index (χ4n) is 7.94. The summed E-state index contributed by atoms with van der Waals surface area (Å²) < 4.78 is 24.3. The molecule has 0 radical (unpaired) electrons. The van der Waals surface area contributed by atoms with Crippen LogP contribution in [0.15, 0.2) is 21.9 Å². The van der Waals surface area contributed by atoms with Crippen LogP contribution in [-0.4, -0.2) is 157 Å². The van der Waals surface area contributed by atoms with Crippen LogP contribution in [0.4, 0.5) is 0 Å². The Balaban J connectivity index is 1.46. The lowest BCUT2D eigenvalue weighted by molar-refractivity contribution is -0.233. The van der Waals surface area contributed by atoms with Crippen molar-refractivity contribution in [3.63, 3.8) is 0 Å². The summed E-state index contributed by atoms with van der Waals surface area (Å²) in [6.45, 7) is 1.67. The minimum atomic E-state index is -1.87. The van der Waals surface area contributed by atoms with Crippen LogP contribution in [0.1, 0.15) is 103 Å². The standard InChI is InChI=1S/C38H63N5O14/c1-4-5-6-7-8-9-10-11-12-13-14-15-16-17-25(45)54-23-21-41(2)27(34(50)42(3)26(23)36(51)52)32(57-37-31(49)28(46)22(20-39)55-37)33-29(47)30(48)35(56-33)43-19-18-24(44)40-38(43)53/h18-19,22-23,26-33,35,37,46-49H,4-17,20-21,39H2,1-3H3,(H,51,52)(H,40,44,53)/t22-,23+,26?,27?,28-,29+,30-,31-,32-,33?,35?,37?/m1/s1. The molecule has 0 aromatic carbocycles. The molecule has 3 aliphatic heterocycles. The molecule has 3 fully saturated rings. The zero-order valence-corrected chi connectivity index (χ0v) is 33.2. The van der Waals surface area contributed by atoms with Gasteiger partial charge in [0.15, 0.2) is 18.6 Å². The highest BCUT2D eigenvalue weighted by Crippen LogP contribution is 2.36. The molecular formula is C38H63N5O14. The van der Waals surface area contributed by atoms with Crippen molar-refractivity contribution < 1.29 is 58.9 Å². The Hall–Kier alpha value is -3.27. The zero-order valence-electron chi connectivity index (χ0n) is 33.2. The third-order valence-electron chi connectivity index (χ3n) is 11.2. The van der Waals surface area contributed by atoms with E-state index in [1.54, 1.807) is 0 Å². The van der Waals surface area contributed by atoms with Crippen LogP contribution in [0.5, 0.6) is 0 Å². The third-order valence-corrected chi connectivity index (χ3v) is 11.2. The largest absolute Gasteiger partial charge is 0.480 e. The molecule has 0 aliphatic carbocycles. The van der Waals surface area contributed by atoms with E-state index in [0.29, 0.717) is 6.42 Å². The number of esters is 1. The Labute approximate surface area is 332 Å². The molecule has 5 unspecified atom stereocenters. The molecule has 0 bridgehead atoms. The number of aromatic nitrogens is 2. The van der Waals surface area contributed by atoms with Gasteiger partial charge >= 0.3 is 17.6 Å². The van der Waals surface area contributed by atoms with Gasteiger partial charge in [-0.15, -0.1) is 0 Å². The van der Waals surface area contributed by atoms with E-state index in [1.807, 2.05) is 4.98 Å². The summed E-state index contributed by atoms with van der Waals surface area (Å²) in [7, 11) is 2.63. The fraction of sp³-hybridized carbons (Fsp3) is 0.816. The quantitative estimate of drug-likeness (QED) is 0.0578. The maximum absolute atomic E-state index is 14.3. The molecule has 3 aliphatic rings. The Kier molecular flexibility index (Phi) is 18.1. The summed E-state index contributed by atoms with van der Waals surface area (Å²) in [6.07, 6.45) is -0.270. The molecular weight excluding hydrogens is 750 g/mol. The lowest BCUT2D eigenvalue weighted by Gasteiger charge is -2.38. The van der Waals surface area contributed by atoms with E-state index < -0.39 is 103 Å². The van der Waals surface area contributed by atoms with Gasteiger partial charge in [0.25, 0.3) is 5.56 Å². The summed E-state index contributed by atoms with van der Waals surface area (Å²) >= 11 is 0. The van der Waals surface area contributed by atoms with E-state index in [1.165, 1.54) is 70.4 Å². The number of amides is 1. The number of aliphatic carboxylic acids is 1. The van der Waals surface area contributed by atoms with Crippen molar-refractivity contribution in [2.75, 3.05) is 27.2 Å². The number of nitrogens with one attached hydrogen (secondary N) is 1. The van der Waals surface area contributed by atoms with E-state index in [2.05, 4.69) is 6.92 Å². The molecule has 1 amide bonds. The first-order chi connectivity index (χ1) is 27.2. The lowest BCUT2D eigenvalue weighted by Crippen LogP contribution is -2.59. The van der Waals surface area contributed by atoms with Gasteiger partial charge in [-0.2, -0.15) is 0 Å². The van der Waals surface area contributed by atoms with Crippen molar-refractivity contribution in [2.45, 2.75) is 170 Å². The summed E-state index contributed by atoms with van der Waals surface area (Å²) in [5.74, 6) is -2.97. The van der Waals surface area contributed by atoms with E-state index in [9.17, 15) is 49.5 Å². The van der Waals surface area contributed by atoms with Crippen LogP contribution in [-0.2, 0) is 33.3 Å². The summed E-state index contributed by atoms with van der Waals surface area (Å²) in [5.41, 5.74) is 3.98. The van der Waals surface area contributed by atoms with Crippen LogP contribution in [0, 0.1) is 0 Å². The normalized spacial score (nSPS) is 31.4. The molecule has 3 saturated heterocycles. The fourth-order valence-corrected chi connectivity index (χ4v) is 7.94. The molecule has 4 heterocycles. The number of H-pyrrole nitrogens is 1. The van der Waals surface area contributed by atoms with Gasteiger partial charge in [-0.05, 0) is 13.5 Å². The van der Waals surface area contributed by atoms with Crippen molar-refractivity contribution in [3.05, 3.63) is 33.1 Å². The molecule has 12 atom stereocenters. The van der Waals surface area contributed by atoms with Gasteiger partial charge in [0.2, 0.25) is 5.91 Å². The van der Waals surface area contributed by atoms with Gasteiger partial charge in [0.05, 0.1) is 0 Å². The number of carbonyl (C=O) groups excluding carboxylic acids is 2. The van der Waals surface area contributed by atoms with E-state index in [0.717, 1.165) is 47.4 Å². The van der Waals surface area contributed by atoms with Crippen molar-refractivity contribution in [1.29, 1.82) is 0 Å². The van der Waals surface area contributed by atoms with Gasteiger partial charge in [0.1, 0.15) is 54.9 Å². The van der Waals surface area contributed by atoms with Crippen LogP contribution in [0.3, 0.4) is 0 Å². The van der Waals surface area contributed by atoms with Gasteiger partial charge in [-0.25, -0.2) is 9.59 Å². The van der Waals surface area contributed by atoms with Crippen LogP contribution in [0.2, 0.25) is 0 Å². The highest BCUT2D eigenvalue weighted by atomic mass is 16.7. The van der Waals surface area contributed by atoms with Crippen molar-refractivity contribution in [2.24, 2.45) is 5.73 Å². The molecule has 1 aromatic rings. The van der Waals surface area contributed by atoms with Crippen molar-refractivity contribution >= 4 is 17.8 Å². The number of carboxylic acid groups (broad SMARTS) is 1. The van der Waals surface area contributed by atoms with Crippen LogP contribution < -0.4 is 17.0 Å². The Morgan fingerprint density at radius 3 is 2.02 bits per heavy atom. The number of carboxylic acids is 1. The second-order valence-electron chi connectivity index (χ2n) is 15.5. The number of nitrogens with zero attached hydrogens (tertiary/aromatic N) is 3. The minimum absolute atomic E-state index is 0.0458. The average molecular weight is 814 g/mol. The number of unbranched alkanes of at least 4 members (excludes halogenated alkanes) is 12. The Morgan fingerprint density at radius 2 is 1.47 bits per heavy atom. The predicted molar refractivity (Wildman–Crippen MR) is 203 cm³/mol. The van der Waals surface area contributed by atoms with E-state index in [-0.39, 0.29) is 19.5 Å². The highest BCUT2D eigenvalue weighted by Gasteiger charge is 2.57. The first-order valence-corrected chi connectivity index (χ1v) is 20.3. The summed E-state index contributed by atoms with van der Waals surface area (Å²) in [5, 5.41) is 54.1. The van der Waals surface area contributed by atoms with Gasteiger partial charge < -0.3 is 55.1 Å². The summed E-state index contributed by atoms with van der Waals surface area (Å²) in [4.78, 5) is 68.7. The maximum Gasteiger partial charge on any atom is 0.330 e. The minimum Gasteiger partial charge on any atom is -0.480 e. The summed E-state index contributed by atoms with van der Waals surface area (Å²) in [6, 6.07) is -2.21. The molecule has 0 saturated carbocycles. The molecule has 1 aromatic heterocycles. The van der Waals surface area contributed by atoms with Crippen LogP contribution in [0.25, 0.3) is 0 Å². The molecule has 0 spiro atoms. The third kappa shape index (κ3) is 11.9. The number of carbonyl (C=O) groups is 3. The number of hydrogen-bond donors (Lipinski definition) is 7. The van der Waals surface area contributed by atoms with Crippen molar-refractivity contribution in [3.8, 4) is 0 Å². The zero-order chi connectivity index (χ0) is 41.8. The number of hydrogen-bond acceptors (Lipinski definition) is 15. The molecule has 4 rings (SSSR count). The number of aliphatic hydroxyl groups is 4. The van der Waals surface area contributed by atoms with E-state index >= 15 is 0 Å². The number of ether oxygens (including phenoxy) is 4. The van der Waals surface area contributed by atoms with Crippen molar-refractivity contribution in [1.82, 2.24) is 19.4 Å². The highest BCUT2D eigenvalue weighted by molar-refractivity contribution is 5.88. The molecule has 19 heteroatoms. The molecule has 19 nitrogen and oxygen atoms in total. The van der Waals surface area contributed by atoms with Gasteiger partial charge in [0, 0.05) is 38.8 Å². The maximum atomic E-state index is 14.3. The van der Waals surface area contributed by atoms with Crippen LogP contribution >= 0.6 is 0 Å². The van der Waals surface area contributed by atoms with E-state index in [4.69, 9.17) is 24.7 Å². The molecule has 324 valence electrons. The Bertz CT molecular complexity index is 1560. The predicted octanol–water partition coefficient (Wildman–Crippen LogP) is -0.435. The molecule has 8 N–H and O–H groups in total. The lowest BCUT2D eigenvalue weighted by atomic mass is 9.97. The van der Waals surface area contributed by atoms with Gasteiger partial charge in [-0.3, -0.25) is 28.8 Å². The topological polar surface area (TPSA) is 277 Å². The average Bonchev–Trinajstić information content (AvgIpc) is 3.58. The second kappa shape index (κ2) is 22.2. The first-order valence-electron chi connectivity index (χ1n) is 20.3. The number of aromatic amines is 1. The second-order valence-corrected chi connectivity index (χ2v) is 15.5. The smallest absolute Gasteiger partial charge is 0.330 e. The number of aliphatic hydroxyl groups excluding tert-OH is 4. The SMILES string of the molecule is CCCCCCCCCCCCCCCC(=O)O[C@H]1CN(C)C([C@@H](OC2O[C@H](CN)[C@@H](O)[C@H]2O)C2OC(n3ccc(=O)[nH]c3=O)[C@H](O)[C@@H]2O)C(=O)N(C)C1C(=O)O. The number of rotatable bonds is 22. The number of nitrogens with two attached hydrogens (primary N) is 1. The van der Waals surface area contributed by atoms with Gasteiger partial charge in [-0.1, -0.05) is 84.0 Å². The molecule has 57 heavy (non-hydrogen) atoms.